The van der Waals surface area contributed by atoms with Gasteiger partial charge in [0.1, 0.15) is 0 Å². The van der Waals surface area contributed by atoms with Gasteiger partial charge in [-0.2, -0.15) is 0 Å². The zero-order chi connectivity index (χ0) is 20.8. The Balaban J connectivity index is 2.07. The summed E-state index contributed by atoms with van der Waals surface area (Å²) >= 11 is 6.21. The average molecular weight is 430 g/mol. The van der Waals surface area contributed by atoms with Crippen LogP contribution in [0.3, 0.4) is 0 Å². The van der Waals surface area contributed by atoms with E-state index in [0.29, 0.717) is 28.4 Å². The summed E-state index contributed by atoms with van der Waals surface area (Å²) in [5.74, 6) is -1.40. The first-order valence-corrected chi connectivity index (χ1v) is 11.2. The van der Waals surface area contributed by atoms with Crippen LogP contribution in [0.5, 0.6) is 0 Å². The van der Waals surface area contributed by atoms with Gasteiger partial charge in [0.25, 0.3) is 0 Å². The van der Waals surface area contributed by atoms with Crippen LogP contribution in [0.2, 0.25) is 5.02 Å². The lowest BCUT2D eigenvalue weighted by atomic mass is 9.84. The van der Waals surface area contributed by atoms with E-state index in [-0.39, 0.29) is 16.2 Å². The van der Waals surface area contributed by atoms with Gasteiger partial charge in [-0.05, 0) is 36.6 Å². The Kier molecular flexibility index (Phi) is 5.00. The van der Waals surface area contributed by atoms with E-state index in [9.17, 15) is 13.2 Å². The number of halogens is 1. The molecule has 1 N–H and O–H groups in total. The molecule has 2 aliphatic rings. The second-order valence-electron chi connectivity index (χ2n) is 7.11. The maximum Gasteiger partial charge on any atom is 0.336 e. The van der Waals surface area contributed by atoms with Crippen LogP contribution >= 0.6 is 11.6 Å². The third-order valence-corrected chi connectivity index (χ3v) is 7.45. The van der Waals surface area contributed by atoms with Crippen molar-refractivity contribution in [3.05, 3.63) is 86.4 Å². The SMILES string of the molecule is COC(=O)C1=C(C)NC2=C(C1c1cccc(Cl)c1)S(=O)(=O)CCc1ccccc12. The van der Waals surface area contributed by atoms with Crippen molar-refractivity contribution in [3.8, 4) is 0 Å². The molecule has 1 atom stereocenters. The predicted octanol–water partition coefficient (Wildman–Crippen LogP) is 3.81. The molecular formula is C22H20ClNO4S. The number of ether oxygens (including phenoxy) is 1. The van der Waals surface area contributed by atoms with E-state index in [1.807, 2.05) is 24.3 Å². The number of fused-ring (bicyclic) bond motifs is 2. The van der Waals surface area contributed by atoms with Crippen LogP contribution in [0, 0.1) is 0 Å². The van der Waals surface area contributed by atoms with Crippen LogP contribution in [0.1, 0.15) is 29.5 Å². The molecule has 0 amide bonds. The van der Waals surface area contributed by atoms with Gasteiger partial charge in [0.2, 0.25) is 0 Å². The minimum atomic E-state index is -3.66. The third kappa shape index (κ3) is 3.36. The first kappa shape index (κ1) is 19.7. The molecule has 2 aromatic carbocycles. The van der Waals surface area contributed by atoms with E-state index >= 15 is 0 Å². The van der Waals surface area contributed by atoms with E-state index in [2.05, 4.69) is 5.32 Å². The Bertz CT molecular complexity index is 1180. The minimum absolute atomic E-state index is 0.0326. The van der Waals surface area contributed by atoms with Gasteiger partial charge in [-0.1, -0.05) is 48.0 Å². The Labute approximate surface area is 175 Å². The summed E-state index contributed by atoms with van der Waals surface area (Å²) in [6.45, 7) is 1.76. The molecule has 0 aromatic heterocycles. The average Bonchev–Trinajstić information content (AvgIpc) is 2.81. The van der Waals surface area contributed by atoms with Gasteiger partial charge in [-0.25, -0.2) is 13.2 Å². The number of allylic oxidation sites excluding steroid dienone is 2. The maximum absolute atomic E-state index is 13.4. The number of sulfone groups is 1. The summed E-state index contributed by atoms with van der Waals surface area (Å²) < 4.78 is 31.9. The molecule has 0 saturated heterocycles. The first-order chi connectivity index (χ1) is 13.8. The standard InChI is InChI=1S/C22H20ClNO4S/c1-13-18(22(25)28-2)19(15-7-5-8-16(23)12-15)21-20(24-13)17-9-4-3-6-14(17)10-11-29(21,26)27/h3-9,12,19,24H,10-11H2,1-2H3. The van der Waals surface area contributed by atoms with Crippen LogP contribution in [0.4, 0.5) is 0 Å². The summed E-state index contributed by atoms with van der Waals surface area (Å²) in [6.07, 6.45) is 0.405. The normalized spacial score (nSPS) is 20.3. The van der Waals surface area contributed by atoms with Crippen molar-refractivity contribution in [1.29, 1.82) is 0 Å². The lowest BCUT2D eigenvalue weighted by Gasteiger charge is -2.31. The van der Waals surface area contributed by atoms with Gasteiger partial charge in [-0.3, -0.25) is 0 Å². The fraction of sp³-hybridized carbons (Fsp3) is 0.227. The first-order valence-electron chi connectivity index (χ1n) is 9.20. The van der Waals surface area contributed by atoms with Crippen molar-refractivity contribution >= 4 is 33.1 Å². The van der Waals surface area contributed by atoms with E-state index in [4.69, 9.17) is 16.3 Å². The smallest absolute Gasteiger partial charge is 0.336 e. The van der Waals surface area contributed by atoms with Gasteiger partial charge < -0.3 is 10.1 Å². The molecule has 4 rings (SSSR count). The van der Waals surface area contributed by atoms with Gasteiger partial charge in [0.05, 0.1) is 35.0 Å². The number of rotatable bonds is 2. The second-order valence-corrected chi connectivity index (χ2v) is 9.62. The van der Waals surface area contributed by atoms with Crippen molar-refractivity contribution in [2.24, 2.45) is 0 Å². The molecule has 1 unspecified atom stereocenters. The molecule has 2 heterocycles. The molecule has 0 aliphatic carbocycles. The van der Waals surface area contributed by atoms with Crippen LogP contribution in [0.15, 0.2) is 64.7 Å². The van der Waals surface area contributed by atoms with Gasteiger partial charge in [0, 0.05) is 16.3 Å². The number of hydrogen-bond donors (Lipinski definition) is 1. The zero-order valence-electron chi connectivity index (χ0n) is 16.0. The second kappa shape index (κ2) is 7.35. The van der Waals surface area contributed by atoms with Gasteiger partial charge >= 0.3 is 5.97 Å². The highest BCUT2D eigenvalue weighted by atomic mass is 35.5. The third-order valence-electron chi connectivity index (χ3n) is 5.36. The van der Waals surface area contributed by atoms with Crippen molar-refractivity contribution < 1.29 is 17.9 Å². The van der Waals surface area contributed by atoms with E-state index < -0.39 is 21.7 Å². The molecular weight excluding hydrogens is 410 g/mol. The highest BCUT2D eigenvalue weighted by Crippen LogP contribution is 2.46. The molecule has 0 saturated carbocycles. The summed E-state index contributed by atoms with van der Waals surface area (Å²) in [4.78, 5) is 12.9. The number of hydrogen-bond acceptors (Lipinski definition) is 5. The van der Waals surface area contributed by atoms with Gasteiger partial charge in [0.15, 0.2) is 9.84 Å². The van der Waals surface area contributed by atoms with Crippen molar-refractivity contribution in [2.75, 3.05) is 12.9 Å². The van der Waals surface area contributed by atoms with Crippen LogP contribution in [-0.2, 0) is 25.8 Å². The molecule has 7 heteroatoms. The highest BCUT2D eigenvalue weighted by Gasteiger charge is 2.42. The van der Waals surface area contributed by atoms with Crippen LogP contribution < -0.4 is 5.32 Å². The topological polar surface area (TPSA) is 72.5 Å². The minimum Gasteiger partial charge on any atom is -0.466 e. The quantitative estimate of drug-likeness (QED) is 0.735. The molecule has 0 fully saturated rings. The number of dihydropyridines is 1. The molecule has 0 bridgehead atoms. The summed E-state index contributed by atoms with van der Waals surface area (Å²) in [5.41, 5.74) is 3.78. The fourth-order valence-corrected chi connectivity index (χ4v) is 6.06. The summed E-state index contributed by atoms with van der Waals surface area (Å²) in [5, 5.41) is 3.66. The molecule has 0 radical (unpaired) electrons. The van der Waals surface area contributed by atoms with E-state index in [1.165, 1.54) is 7.11 Å². The van der Waals surface area contributed by atoms with E-state index in [1.54, 1.807) is 31.2 Å². The van der Waals surface area contributed by atoms with Crippen molar-refractivity contribution in [1.82, 2.24) is 5.32 Å². The van der Waals surface area contributed by atoms with Crippen molar-refractivity contribution in [2.45, 2.75) is 19.3 Å². The number of nitrogens with one attached hydrogen (secondary N) is 1. The number of benzene rings is 2. The number of methoxy groups -OCH3 is 1. The monoisotopic (exact) mass is 429 g/mol. The summed E-state index contributed by atoms with van der Waals surface area (Å²) in [7, 11) is -2.37. The Hall–Kier alpha value is -2.57. The molecule has 29 heavy (non-hydrogen) atoms. The number of carbonyl (C=O) groups excluding carboxylic acids is 1. The Morgan fingerprint density at radius 3 is 2.66 bits per heavy atom. The fourth-order valence-electron chi connectivity index (χ4n) is 4.07. The molecule has 0 spiro atoms. The Morgan fingerprint density at radius 1 is 1.17 bits per heavy atom. The number of aryl methyl sites for hydroxylation is 1. The number of esters is 1. The van der Waals surface area contributed by atoms with Crippen LogP contribution in [-0.4, -0.2) is 27.2 Å². The van der Waals surface area contributed by atoms with Crippen LogP contribution in [0.25, 0.3) is 5.70 Å². The lowest BCUT2D eigenvalue weighted by molar-refractivity contribution is -0.136. The molecule has 150 valence electrons. The Morgan fingerprint density at radius 2 is 1.93 bits per heavy atom. The van der Waals surface area contributed by atoms with E-state index in [0.717, 1.165) is 11.1 Å². The summed E-state index contributed by atoms with van der Waals surface area (Å²) in [6, 6.07) is 14.6. The predicted molar refractivity (Wildman–Crippen MR) is 113 cm³/mol. The van der Waals surface area contributed by atoms with Crippen molar-refractivity contribution in [3.63, 3.8) is 0 Å². The van der Waals surface area contributed by atoms with Gasteiger partial charge in [-0.15, -0.1) is 0 Å². The lowest BCUT2D eigenvalue weighted by Crippen LogP contribution is -2.31. The molecule has 5 nitrogen and oxygen atoms in total. The number of carbonyl (C=O) groups is 1. The highest BCUT2D eigenvalue weighted by molar-refractivity contribution is 7.95. The largest absolute Gasteiger partial charge is 0.466 e. The molecule has 2 aliphatic heterocycles. The molecule has 2 aromatic rings. The maximum atomic E-state index is 13.4. The zero-order valence-corrected chi connectivity index (χ0v) is 17.6.